The van der Waals surface area contributed by atoms with Crippen LogP contribution in [0.1, 0.15) is 36.7 Å². The molecule has 0 aliphatic heterocycles. The van der Waals surface area contributed by atoms with Crippen molar-refractivity contribution in [2.45, 2.75) is 32.3 Å². The molecule has 0 saturated carbocycles. The van der Waals surface area contributed by atoms with Crippen molar-refractivity contribution in [3.8, 4) is 5.75 Å². The number of aliphatic hydroxyl groups is 1. The number of benzene rings is 1. The number of carbonyl (C=O) groups is 1. The molecule has 3 nitrogen and oxygen atoms in total. The Morgan fingerprint density at radius 2 is 2.05 bits per heavy atom. The average molecular weight is 284 g/mol. The number of carbonyl (C=O) groups excluding carboxylic acids is 1. The SMILES string of the molecule is C=CC(F)(F)c1ccc(OCC(C)(C)O)c(C(C)=O)c1. The molecular formula is C15H18F2O3. The third-order valence-electron chi connectivity index (χ3n) is 2.58. The van der Waals surface area contributed by atoms with Gasteiger partial charge >= 0.3 is 0 Å². The predicted molar refractivity (Wildman–Crippen MR) is 72.3 cm³/mol. The molecule has 0 aliphatic rings. The highest BCUT2D eigenvalue weighted by atomic mass is 19.3. The zero-order valence-corrected chi connectivity index (χ0v) is 11.7. The van der Waals surface area contributed by atoms with Crippen molar-refractivity contribution in [2.75, 3.05) is 6.61 Å². The summed E-state index contributed by atoms with van der Waals surface area (Å²) >= 11 is 0. The van der Waals surface area contributed by atoms with Gasteiger partial charge in [-0.25, -0.2) is 0 Å². The maximum atomic E-state index is 13.5. The molecule has 0 heterocycles. The van der Waals surface area contributed by atoms with Crippen LogP contribution in [0.5, 0.6) is 5.75 Å². The molecule has 0 aliphatic carbocycles. The van der Waals surface area contributed by atoms with Crippen molar-refractivity contribution < 1.29 is 23.4 Å². The summed E-state index contributed by atoms with van der Waals surface area (Å²) < 4.78 is 32.4. The molecule has 1 N–H and O–H groups in total. The molecule has 110 valence electrons. The standard InChI is InChI=1S/C15H18F2O3/c1-5-15(16,17)11-6-7-13(12(8-11)10(2)18)20-9-14(3,4)19/h5-8,19H,1,9H2,2-4H3. The van der Waals surface area contributed by atoms with E-state index >= 15 is 0 Å². The fourth-order valence-electron chi connectivity index (χ4n) is 1.51. The van der Waals surface area contributed by atoms with Crippen molar-refractivity contribution in [2.24, 2.45) is 0 Å². The first-order valence-corrected chi connectivity index (χ1v) is 6.09. The van der Waals surface area contributed by atoms with Crippen LogP contribution in [0.25, 0.3) is 0 Å². The molecule has 0 saturated heterocycles. The van der Waals surface area contributed by atoms with Crippen LogP contribution in [0, 0.1) is 0 Å². The van der Waals surface area contributed by atoms with Gasteiger partial charge in [-0.15, -0.1) is 0 Å². The molecule has 1 aromatic rings. The van der Waals surface area contributed by atoms with Gasteiger partial charge in [0.2, 0.25) is 0 Å². The number of hydrogen-bond acceptors (Lipinski definition) is 3. The number of Topliss-reactive ketones (excluding diaryl/α,β-unsaturated/α-hetero) is 1. The molecular weight excluding hydrogens is 266 g/mol. The minimum absolute atomic E-state index is 0.0493. The number of rotatable bonds is 6. The first-order valence-electron chi connectivity index (χ1n) is 6.09. The average Bonchev–Trinajstić information content (AvgIpc) is 2.35. The number of hydrogen-bond donors (Lipinski definition) is 1. The Morgan fingerprint density at radius 3 is 2.50 bits per heavy atom. The zero-order valence-electron chi connectivity index (χ0n) is 11.7. The third-order valence-corrected chi connectivity index (χ3v) is 2.58. The Labute approximate surface area is 116 Å². The molecule has 0 atom stereocenters. The molecule has 0 amide bonds. The first kappa shape index (κ1) is 16.3. The van der Waals surface area contributed by atoms with Crippen LogP contribution in [0.15, 0.2) is 30.9 Å². The summed E-state index contributed by atoms with van der Waals surface area (Å²) in [7, 11) is 0. The topological polar surface area (TPSA) is 46.5 Å². The highest BCUT2D eigenvalue weighted by Crippen LogP contribution is 2.32. The van der Waals surface area contributed by atoms with Gasteiger partial charge < -0.3 is 9.84 Å². The van der Waals surface area contributed by atoms with Gasteiger partial charge in [0.05, 0.1) is 11.2 Å². The van der Waals surface area contributed by atoms with Gasteiger partial charge in [-0.05, 0) is 45.0 Å². The van der Waals surface area contributed by atoms with Gasteiger partial charge in [0.25, 0.3) is 5.92 Å². The Kier molecular flexibility index (Phi) is 4.65. The van der Waals surface area contributed by atoms with E-state index in [4.69, 9.17) is 4.74 Å². The summed E-state index contributed by atoms with van der Waals surface area (Å²) in [5, 5.41) is 9.59. The largest absolute Gasteiger partial charge is 0.490 e. The van der Waals surface area contributed by atoms with Crippen LogP contribution in [-0.2, 0) is 5.92 Å². The molecule has 0 radical (unpaired) electrons. The van der Waals surface area contributed by atoms with E-state index in [1.54, 1.807) is 13.8 Å². The Bertz CT molecular complexity index is 516. The molecule has 1 rings (SSSR count). The predicted octanol–water partition coefficient (Wildman–Crippen LogP) is 3.32. The lowest BCUT2D eigenvalue weighted by Gasteiger charge is -2.20. The second kappa shape index (κ2) is 5.71. The summed E-state index contributed by atoms with van der Waals surface area (Å²) in [6, 6.07) is 3.56. The van der Waals surface area contributed by atoms with E-state index in [0.717, 1.165) is 6.07 Å². The van der Waals surface area contributed by atoms with Gasteiger partial charge in [0.1, 0.15) is 12.4 Å². The molecule has 0 unspecified atom stereocenters. The van der Waals surface area contributed by atoms with Crippen molar-refractivity contribution in [1.29, 1.82) is 0 Å². The van der Waals surface area contributed by atoms with E-state index in [0.29, 0.717) is 6.08 Å². The minimum Gasteiger partial charge on any atom is -0.490 e. The summed E-state index contributed by atoms with van der Waals surface area (Å²) in [5.74, 6) is -3.43. The van der Waals surface area contributed by atoms with Crippen molar-refractivity contribution >= 4 is 5.78 Å². The molecule has 1 aromatic carbocycles. The lowest BCUT2D eigenvalue weighted by Crippen LogP contribution is -2.28. The molecule has 0 fully saturated rings. The highest BCUT2D eigenvalue weighted by molar-refractivity contribution is 5.97. The van der Waals surface area contributed by atoms with Crippen LogP contribution in [0.2, 0.25) is 0 Å². The van der Waals surface area contributed by atoms with Crippen molar-refractivity contribution in [3.05, 3.63) is 42.0 Å². The zero-order chi connectivity index (χ0) is 15.6. The molecule has 0 spiro atoms. The van der Waals surface area contributed by atoms with Gasteiger partial charge in [0, 0.05) is 5.56 Å². The second-order valence-electron chi connectivity index (χ2n) is 5.20. The van der Waals surface area contributed by atoms with E-state index in [1.807, 2.05) is 0 Å². The number of alkyl halides is 2. The van der Waals surface area contributed by atoms with Crippen molar-refractivity contribution in [1.82, 2.24) is 0 Å². The molecule has 5 heteroatoms. The fraction of sp³-hybridized carbons (Fsp3) is 0.400. The van der Waals surface area contributed by atoms with Gasteiger partial charge in [0.15, 0.2) is 5.78 Å². The Morgan fingerprint density at radius 1 is 1.45 bits per heavy atom. The summed E-state index contributed by atoms with van der Waals surface area (Å²) in [5.41, 5.74) is -1.36. The number of halogens is 2. The van der Waals surface area contributed by atoms with Crippen molar-refractivity contribution in [3.63, 3.8) is 0 Å². The Balaban J connectivity index is 3.15. The number of ether oxygens (including phenoxy) is 1. The van der Waals surface area contributed by atoms with Crippen LogP contribution < -0.4 is 4.74 Å². The van der Waals surface area contributed by atoms with Crippen LogP contribution in [-0.4, -0.2) is 23.1 Å². The Hall–Kier alpha value is -1.75. The lowest BCUT2D eigenvalue weighted by atomic mass is 10.0. The third kappa shape index (κ3) is 4.13. The smallest absolute Gasteiger partial charge is 0.291 e. The van der Waals surface area contributed by atoms with E-state index in [9.17, 15) is 18.7 Å². The summed E-state index contributed by atoms with van der Waals surface area (Å²) in [6.45, 7) is 7.37. The summed E-state index contributed by atoms with van der Waals surface area (Å²) in [4.78, 5) is 11.5. The van der Waals surface area contributed by atoms with E-state index in [-0.39, 0.29) is 23.5 Å². The maximum absolute atomic E-state index is 13.5. The van der Waals surface area contributed by atoms with Gasteiger partial charge in [-0.1, -0.05) is 6.58 Å². The minimum atomic E-state index is -3.21. The van der Waals surface area contributed by atoms with Crippen LogP contribution >= 0.6 is 0 Å². The van der Waals surface area contributed by atoms with Gasteiger partial charge in [-0.3, -0.25) is 4.79 Å². The summed E-state index contributed by atoms with van der Waals surface area (Å²) in [6.07, 6.45) is 0.517. The second-order valence-corrected chi connectivity index (χ2v) is 5.20. The number of allylic oxidation sites excluding steroid dienone is 1. The molecule has 0 bridgehead atoms. The van der Waals surface area contributed by atoms with E-state index < -0.39 is 17.3 Å². The highest BCUT2D eigenvalue weighted by Gasteiger charge is 2.28. The maximum Gasteiger partial charge on any atom is 0.291 e. The first-order chi connectivity index (χ1) is 9.07. The quantitative estimate of drug-likeness (QED) is 0.644. The van der Waals surface area contributed by atoms with E-state index in [1.165, 1.54) is 19.1 Å². The van der Waals surface area contributed by atoms with Crippen LogP contribution in [0.4, 0.5) is 8.78 Å². The molecule has 20 heavy (non-hydrogen) atoms. The van der Waals surface area contributed by atoms with Gasteiger partial charge in [-0.2, -0.15) is 8.78 Å². The number of ketones is 1. The monoisotopic (exact) mass is 284 g/mol. The molecule has 0 aromatic heterocycles. The normalized spacial score (nSPS) is 12.1. The lowest BCUT2D eigenvalue weighted by molar-refractivity contribution is 0.0278. The van der Waals surface area contributed by atoms with E-state index in [2.05, 4.69) is 6.58 Å². The van der Waals surface area contributed by atoms with Crippen LogP contribution in [0.3, 0.4) is 0 Å². The fourth-order valence-corrected chi connectivity index (χ4v) is 1.51.